The first kappa shape index (κ1) is 4.99. The monoisotopic (exact) mass is 179 g/mol. The number of aromatic nitrogens is 2. The lowest BCUT2D eigenvalue weighted by Crippen LogP contribution is -1.77. The normalized spacial score (nSPS) is 9.29. The fourth-order valence-electron chi connectivity index (χ4n) is 0.187. The fourth-order valence-corrected chi connectivity index (χ4v) is 0.915. The molecule has 0 aliphatic carbocycles. The summed E-state index contributed by atoms with van der Waals surface area (Å²) >= 11 is 4.25. The van der Waals surface area contributed by atoms with Crippen molar-refractivity contribution in [3.63, 3.8) is 0 Å². The first-order chi connectivity index (χ1) is 3.30. The molecule has 3 nitrogen and oxygen atoms in total. The molecule has 38 valence electrons. The van der Waals surface area contributed by atoms with Crippen LogP contribution in [0.4, 0.5) is 5.00 Å². The number of halogens is 1. The highest BCUT2D eigenvalue weighted by Gasteiger charge is 1.94. The van der Waals surface area contributed by atoms with Crippen LogP contribution in [0.15, 0.2) is 4.60 Å². The van der Waals surface area contributed by atoms with Gasteiger partial charge in [0.2, 0.25) is 0 Å². The maximum absolute atomic E-state index is 5.29. The molecular weight excluding hydrogens is 178 g/mol. The van der Waals surface area contributed by atoms with E-state index in [1.54, 1.807) is 0 Å². The molecule has 0 aliphatic rings. The highest BCUT2D eigenvalue weighted by molar-refractivity contribution is 9.10. The number of nitrogens with zero attached hydrogens (tertiary/aromatic N) is 2. The summed E-state index contributed by atoms with van der Waals surface area (Å²) in [7, 11) is 0. The van der Waals surface area contributed by atoms with Gasteiger partial charge < -0.3 is 5.73 Å². The summed E-state index contributed by atoms with van der Waals surface area (Å²) in [5.41, 5.74) is 5.29. The van der Waals surface area contributed by atoms with Crippen LogP contribution in [0, 0.1) is 0 Å². The van der Waals surface area contributed by atoms with Crippen molar-refractivity contribution in [1.82, 2.24) is 9.59 Å². The fraction of sp³-hybridized carbons (Fsp3) is 0. The molecule has 0 saturated carbocycles. The number of hydrogen-bond donors (Lipinski definition) is 1. The van der Waals surface area contributed by atoms with E-state index in [1.807, 2.05) is 0 Å². The van der Waals surface area contributed by atoms with Crippen LogP contribution in [0.25, 0.3) is 0 Å². The Hall–Kier alpha value is -0.160. The summed E-state index contributed by atoms with van der Waals surface area (Å²) in [5, 5.41) is 4.20. The standard InChI is InChI=1S/C2H2BrN3S/c3-1-2(4)7-6-5-1/h4H2. The Balaban J connectivity index is 3.12. The molecule has 0 aliphatic heterocycles. The average molecular weight is 180 g/mol. The SMILES string of the molecule is Nc1snnc1Br. The van der Waals surface area contributed by atoms with E-state index in [-0.39, 0.29) is 0 Å². The number of nitrogen functional groups attached to an aromatic ring is 1. The van der Waals surface area contributed by atoms with E-state index in [2.05, 4.69) is 25.5 Å². The second-order valence-electron chi connectivity index (χ2n) is 0.928. The van der Waals surface area contributed by atoms with E-state index < -0.39 is 0 Å². The van der Waals surface area contributed by atoms with Crippen molar-refractivity contribution in [3.05, 3.63) is 4.60 Å². The smallest absolute Gasteiger partial charge is 0.164 e. The first-order valence-corrected chi connectivity index (χ1v) is 3.10. The van der Waals surface area contributed by atoms with Crippen LogP contribution < -0.4 is 5.73 Å². The molecule has 1 aromatic heterocycles. The van der Waals surface area contributed by atoms with Crippen LogP contribution in [-0.4, -0.2) is 9.59 Å². The van der Waals surface area contributed by atoms with Crippen molar-refractivity contribution in [2.45, 2.75) is 0 Å². The molecule has 2 N–H and O–H groups in total. The highest BCUT2D eigenvalue weighted by atomic mass is 79.9. The molecule has 1 heterocycles. The van der Waals surface area contributed by atoms with Gasteiger partial charge in [0.05, 0.1) is 0 Å². The molecule has 0 saturated heterocycles. The molecule has 0 radical (unpaired) electrons. The molecule has 5 heteroatoms. The van der Waals surface area contributed by atoms with E-state index in [0.717, 1.165) is 0 Å². The van der Waals surface area contributed by atoms with Gasteiger partial charge in [-0.15, -0.1) is 5.10 Å². The van der Waals surface area contributed by atoms with Gasteiger partial charge in [-0.2, -0.15) is 0 Å². The summed E-state index contributed by atoms with van der Waals surface area (Å²) in [5.74, 6) is 0. The van der Waals surface area contributed by atoms with Gasteiger partial charge in [0.25, 0.3) is 0 Å². The van der Waals surface area contributed by atoms with E-state index in [0.29, 0.717) is 9.60 Å². The van der Waals surface area contributed by atoms with Crippen LogP contribution in [0.5, 0.6) is 0 Å². The van der Waals surface area contributed by atoms with Crippen LogP contribution in [0.2, 0.25) is 0 Å². The van der Waals surface area contributed by atoms with Gasteiger partial charge in [0, 0.05) is 11.5 Å². The first-order valence-electron chi connectivity index (χ1n) is 1.54. The minimum Gasteiger partial charge on any atom is -0.387 e. The molecule has 0 spiro atoms. The summed E-state index contributed by atoms with van der Waals surface area (Å²) in [6, 6.07) is 0. The minimum absolute atomic E-state index is 0.625. The molecule has 0 amide bonds. The largest absolute Gasteiger partial charge is 0.387 e. The Labute approximate surface area is 52.8 Å². The zero-order valence-corrected chi connectivity index (χ0v) is 5.66. The lowest BCUT2D eigenvalue weighted by molar-refractivity contribution is 1.13. The molecule has 1 aromatic rings. The maximum Gasteiger partial charge on any atom is 0.164 e. The Morgan fingerprint density at radius 3 is 2.57 bits per heavy atom. The quantitative estimate of drug-likeness (QED) is 0.644. The average Bonchev–Trinajstić information content (AvgIpc) is 1.91. The summed E-state index contributed by atoms with van der Waals surface area (Å²) in [6.07, 6.45) is 0. The molecule has 0 atom stereocenters. The molecule has 0 unspecified atom stereocenters. The van der Waals surface area contributed by atoms with Gasteiger partial charge in [-0.3, -0.25) is 0 Å². The molecule has 1 rings (SSSR count). The minimum atomic E-state index is 0.625. The number of hydrogen-bond acceptors (Lipinski definition) is 4. The van der Waals surface area contributed by atoms with Gasteiger partial charge in [0.1, 0.15) is 5.00 Å². The molecule has 0 aromatic carbocycles. The Kier molecular flexibility index (Phi) is 1.25. The Morgan fingerprint density at radius 1 is 1.71 bits per heavy atom. The Morgan fingerprint density at radius 2 is 2.43 bits per heavy atom. The van der Waals surface area contributed by atoms with Crippen LogP contribution >= 0.6 is 27.5 Å². The third-order valence-corrected chi connectivity index (χ3v) is 1.87. The van der Waals surface area contributed by atoms with Crippen molar-refractivity contribution in [2.24, 2.45) is 0 Å². The zero-order chi connectivity index (χ0) is 5.28. The number of anilines is 1. The molecule has 7 heavy (non-hydrogen) atoms. The molecule has 0 bridgehead atoms. The topological polar surface area (TPSA) is 51.8 Å². The molecule has 0 fully saturated rings. The maximum atomic E-state index is 5.29. The predicted octanol–water partition coefficient (Wildman–Crippen LogP) is 0.883. The van der Waals surface area contributed by atoms with Gasteiger partial charge in [0.15, 0.2) is 4.60 Å². The van der Waals surface area contributed by atoms with Crippen molar-refractivity contribution in [2.75, 3.05) is 5.73 Å². The van der Waals surface area contributed by atoms with Crippen molar-refractivity contribution < 1.29 is 0 Å². The zero-order valence-electron chi connectivity index (χ0n) is 3.26. The van der Waals surface area contributed by atoms with Gasteiger partial charge >= 0.3 is 0 Å². The lowest BCUT2D eigenvalue weighted by atomic mass is 10.9. The van der Waals surface area contributed by atoms with Crippen molar-refractivity contribution in [3.8, 4) is 0 Å². The van der Waals surface area contributed by atoms with E-state index >= 15 is 0 Å². The van der Waals surface area contributed by atoms with E-state index in [1.165, 1.54) is 11.5 Å². The highest BCUT2D eigenvalue weighted by Crippen LogP contribution is 2.17. The second kappa shape index (κ2) is 1.75. The van der Waals surface area contributed by atoms with Crippen molar-refractivity contribution in [1.29, 1.82) is 0 Å². The second-order valence-corrected chi connectivity index (χ2v) is 2.46. The van der Waals surface area contributed by atoms with Gasteiger partial charge in [-0.1, -0.05) is 4.49 Å². The van der Waals surface area contributed by atoms with Crippen molar-refractivity contribution >= 4 is 32.5 Å². The third kappa shape index (κ3) is 0.889. The Bertz CT molecular complexity index is 145. The third-order valence-electron chi connectivity index (χ3n) is 0.471. The summed E-state index contributed by atoms with van der Waals surface area (Å²) in [6.45, 7) is 0. The van der Waals surface area contributed by atoms with Crippen LogP contribution in [0.3, 0.4) is 0 Å². The van der Waals surface area contributed by atoms with E-state index in [4.69, 9.17) is 5.73 Å². The van der Waals surface area contributed by atoms with Gasteiger partial charge in [-0.05, 0) is 15.9 Å². The lowest BCUT2D eigenvalue weighted by Gasteiger charge is -1.73. The number of rotatable bonds is 0. The van der Waals surface area contributed by atoms with Crippen LogP contribution in [-0.2, 0) is 0 Å². The van der Waals surface area contributed by atoms with E-state index in [9.17, 15) is 0 Å². The summed E-state index contributed by atoms with van der Waals surface area (Å²) in [4.78, 5) is 0. The number of nitrogens with two attached hydrogens (primary N) is 1. The van der Waals surface area contributed by atoms with Gasteiger partial charge in [-0.25, -0.2) is 0 Å². The molecular formula is C2H2BrN3S. The predicted molar refractivity (Wildman–Crippen MR) is 32.0 cm³/mol. The van der Waals surface area contributed by atoms with Crippen LogP contribution in [0.1, 0.15) is 0 Å². The summed E-state index contributed by atoms with van der Waals surface area (Å²) < 4.78 is 4.18.